The van der Waals surface area contributed by atoms with Crippen LogP contribution in [-0.2, 0) is 4.74 Å². The van der Waals surface area contributed by atoms with E-state index in [9.17, 15) is 4.79 Å². The third-order valence-corrected chi connectivity index (χ3v) is 3.69. The fraction of sp³-hybridized carbons (Fsp3) is 0.647. The zero-order valence-corrected chi connectivity index (χ0v) is 14.1. The zero-order chi connectivity index (χ0) is 16.2. The second-order valence-corrected chi connectivity index (χ2v) is 6.76. The number of amides is 1. The van der Waals surface area contributed by atoms with Crippen LogP contribution >= 0.6 is 0 Å². The first-order chi connectivity index (χ1) is 10.4. The predicted molar refractivity (Wildman–Crippen MR) is 87.9 cm³/mol. The molecule has 2 rings (SSSR count). The first kappa shape index (κ1) is 16.7. The predicted octanol–water partition coefficient (Wildman–Crippen LogP) is 3.98. The topological polar surface area (TPSA) is 54.5 Å². The van der Waals surface area contributed by atoms with Crippen molar-refractivity contribution >= 4 is 11.9 Å². The summed E-state index contributed by atoms with van der Waals surface area (Å²) < 4.78 is 5.33. The molecular formula is C17H27N3O2. The maximum atomic E-state index is 12.0. The number of likely N-dealkylation sites (tertiary alicyclic amines) is 1. The highest BCUT2D eigenvalue weighted by Gasteiger charge is 2.28. The van der Waals surface area contributed by atoms with Crippen LogP contribution < -0.4 is 5.32 Å². The summed E-state index contributed by atoms with van der Waals surface area (Å²) >= 11 is 0. The lowest BCUT2D eigenvalue weighted by Gasteiger charge is -2.26. The molecule has 1 atom stereocenters. The van der Waals surface area contributed by atoms with Gasteiger partial charge in [0.25, 0.3) is 0 Å². The Morgan fingerprint density at radius 1 is 1.50 bits per heavy atom. The van der Waals surface area contributed by atoms with E-state index in [4.69, 9.17) is 4.74 Å². The third kappa shape index (κ3) is 4.44. The quantitative estimate of drug-likeness (QED) is 0.914. The van der Waals surface area contributed by atoms with Crippen LogP contribution in [0.25, 0.3) is 0 Å². The fourth-order valence-electron chi connectivity index (χ4n) is 2.92. The Morgan fingerprint density at radius 2 is 2.27 bits per heavy atom. The van der Waals surface area contributed by atoms with Crippen LogP contribution in [0.3, 0.4) is 0 Å². The Labute approximate surface area is 133 Å². The maximum absolute atomic E-state index is 12.0. The summed E-state index contributed by atoms with van der Waals surface area (Å²) in [5.74, 6) is 0.616. The number of carbonyl (C=O) groups excluding carboxylic acids is 1. The highest BCUT2D eigenvalue weighted by molar-refractivity contribution is 5.84. The minimum atomic E-state index is -0.513. The van der Waals surface area contributed by atoms with Gasteiger partial charge < -0.3 is 4.74 Å². The van der Waals surface area contributed by atoms with Gasteiger partial charge in [-0.2, -0.15) is 0 Å². The van der Waals surface area contributed by atoms with E-state index >= 15 is 0 Å². The van der Waals surface area contributed by atoms with Crippen molar-refractivity contribution < 1.29 is 9.53 Å². The molecule has 1 fully saturated rings. The summed E-state index contributed by atoms with van der Waals surface area (Å²) in [5, 5.41) is 2.81. The van der Waals surface area contributed by atoms with Gasteiger partial charge >= 0.3 is 6.09 Å². The van der Waals surface area contributed by atoms with Crippen molar-refractivity contribution in [3.63, 3.8) is 0 Å². The van der Waals surface area contributed by atoms with Crippen LogP contribution in [0.15, 0.2) is 18.3 Å². The average Bonchev–Trinajstić information content (AvgIpc) is 2.85. The number of nitrogens with one attached hydrogen (secondary N) is 1. The van der Waals surface area contributed by atoms with Crippen molar-refractivity contribution in [3.8, 4) is 0 Å². The van der Waals surface area contributed by atoms with E-state index in [1.54, 1.807) is 6.20 Å². The molecule has 5 heteroatoms. The van der Waals surface area contributed by atoms with Crippen molar-refractivity contribution in [2.75, 3.05) is 18.4 Å². The normalized spacial score (nSPS) is 19.2. The van der Waals surface area contributed by atoms with E-state index in [1.165, 1.54) is 6.42 Å². The minimum absolute atomic E-state index is 0.332. The van der Waals surface area contributed by atoms with Gasteiger partial charge in [-0.05, 0) is 59.2 Å². The van der Waals surface area contributed by atoms with Crippen LogP contribution in [0.2, 0.25) is 0 Å². The number of nitrogens with zero attached hydrogens (tertiary/aromatic N) is 2. The minimum Gasteiger partial charge on any atom is -0.444 e. The molecule has 22 heavy (non-hydrogen) atoms. The third-order valence-electron chi connectivity index (χ3n) is 3.69. The Hall–Kier alpha value is -1.62. The van der Waals surface area contributed by atoms with Crippen molar-refractivity contribution in [3.05, 3.63) is 23.9 Å². The molecule has 0 unspecified atom stereocenters. The Morgan fingerprint density at radius 3 is 2.95 bits per heavy atom. The summed E-state index contributed by atoms with van der Waals surface area (Å²) in [5.41, 5.74) is 0.569. The van der Waals surface area contributed by atoms with Crippen molar-refractivity contribution in [1.82, 2.24) is 9.88 Å². The van der Waals surface area contributed by atoms with Crippen LogP contribution in [0.4, 0.5) is 10.6 Å². The SMILES string of the molecule is CCCN1CCC[C@H]1c1cccnc1NC(=O)OC(C)(C)C. The lowest BCUT2D eigenvalue weighted by atomic mass is 10.1. The summed E-state index contributed by atoms with van der Waals surface area (Å²) in [6.45, 7) is 9.94. The van der Waals surface area contributed by atoms with Gasteiger partial charge in [0.2, 0.25) is 0 Å². The lowest BCUT2D eigenvalue weighted by Crippen LogP contribution is -2.29. The van der Waals surface area contributed by atoms with Gasteiger partial charge in [-0.25, -0.2) is 9.78 Å². The molecule has 2 heterocycles. The number of carbonyl (C=O) groups is 1. The molecule has 0 saturated carbocycles. The van der Waals surface area contributed by atoms with Crippen molar-refractivity contribution in [2.24, 2.45) is 0 Å². The number of ether oxygens (including phenoxy) is 1. The van der Waals surface area contributed by atoms with Gasteiger partial charge in [-0.1, -0.05) is 13.0 Å². The molecule has 1 aromatic rings. The van der Waals surface area contributed by atoms with E-state index < -0.39 is 11.7 Å². The van der Waals surface area contributed by atoms with Gasteiger partial charge in [-0.15, -0.1) is 0 Å². The number of hydrogen-bond acceptors (Lipinski definition) is 4. The summed E-state index contributed by atoms with van der Waals surface area (Å²) in [4.78, 5) is 18.8. The second-order valence-electron chi connectivity index (χ2n) is 6.76. The molecule has 0 aliphatic carbocycles. The van der Waals surface area contributed by atoms with Gasteiger partial charge in [0.05, 0.1) is 0 Å². The maximum Gasteiger partial charge on any atom is 0.413 e. The second kappa shape index (κ2) is 7.09. The van der Waals surface area contributed by atoms with E-state index in [1.807, 2.05) is 26.8 Å². The van der Waals surface area contributed by atoms with E-state index in [0.717, 1.165) is 31.5 Å². The summed E-state index contributed by atoms with van der Waals surface area (Å²) in [7, 11) is 0. The van der Waals surface area contributed by atoms with Gasteiger partial charge in [0, 0.05) is 17.8 Å². The Kier molecular flexibility index (Phi) is 5.40. The number of hydrogen-bond donors (Lipinski definition) is 1. The molecule has 1 aliphatic heterocycles. The van der Waals surface area contributed by atoms with Crippen LogP contribution in [0.5, 0.6) is 0 Å². The number of aromatic nitrogens is 1. The molecule has 0 bridgehead atoms. The van der Waals surface area contributed by atoms with Gasteiger partial charge in [0.1, 0.15) is 11.4 Å². The smallest absolute Gasteiger partial charge is 0.413 e. The molecule has 0 radical (unpaired) electrons. The first-order valence-corrected chi connectivity index (χ1v) is 8.09. The molecule has 0 aromatic carbocycles. The Balaban J connectivity index is 2.14. The largest absolute Gasteiger partial charge is 0.444 e. The first-order valence-electron chi connectivity index (χ1n) is 8.09. The van der Waals surface area contributed by atoms with Crippen LogP contribution in [-0.4, -0.2) is 34.7 Å². The molecule has 122 valence electrons. The highest BCUT2D eigenvalue weighted by Crippen LogP contribution is 2.35. The fourth-order valence-corrected chi connectivity index (χ4v) is 2.92. The van der Waals surface area contributed by atoms with Crippen molar-refractivity contribution in [2.45, 2.75) is 58.6 Å². The molecule has 1 N–H and O–H groups in total. The van der Waals surface area contributed by atoms with Crippen LogP contribution in [0, 0.1) is 0 Å². The monoisotopic (exact) mass is 305 g/mol. The molecule has 1 aliphatic rings. The van der Waals surface area contributed by atoms with E-state index in [0.29, 0.717) is 11.9 Å². The Bertz CT molecular complexity index is 511. The van der Waals surface area contributed by atoms with Crippen LogP contribution in [0.1, 0.15) is 58.6 Å². The van der Waals surface area contributed by atoms with Gasteiger partial charge in [0.15, 0.2) is 0 Å². The average molecular weight is 305 g/mol. The number of anilines is 1. The van der Waals surface area contributed by atoms with E-state index in [-0.39, 0.29) is 0 Å². The standard InChI is InChI=1S/C17H27N3O2/c1-5-11-20-12-7-9-14(20)13-8-6-10-18-15(13)19-16(21)22-17(2,3)4/h6,8,10,14H,5,7,9,11-12H2,1-4H3,(H,18,19,21)/t14-/m0/s1. The number of rotatable bonds is 4. The number of pyridine rings is 1. The summed E-state index contributed by atoms with van der Waals surface area (Å²) in [6.07, 6.45) is 4.67. The molecule has 1 amide bonds. The molecular weight excluding hydrogens is 278 g/mol. The lowest BCUT2D eigenvalue weighted by molar-refractivity contribution is 0.0635. The molecule has 5 nitrogen and oxygen atoms in total. The molecule has 1 saturated heterocycles. The van der Waals surface area contributed by atoms with Gasteiger partial charge in [-0.3, -0.25) is 10.2 Å². The molecule has 0 spiro atoms. The van der Waals surface area contributed by atoms with E-state index in [2.05, 4.69) is 28.2 Å². The highest BCUT2D eigenvalue weighted by atomic mass is 16.6. The molecule has 1 aromatic heterocycles. The summed E-state index contributed by atoms with van der Waals surface area (Å²) in [6, 6.07) is 4.31. The van der Waals surface area contributed by atoms with Crippen molar-refractivity contribution in [1.29, 1.82) is 0 Å². The zero-order valence-electron chi connectivity index (χ0n) is 14.1.